The Hall–Kier alpha value is -3.70. The van der Waals surface area contributed by atoms with Gasteiger partial charge < -0.3 is 14.4 Å². The summed E-state index contributed by atoms with van der Waals surface area (Å²) in [4.78, 5) is 52.2. The number of aldehydes is 1. The lowest BCUT2D eigenvalue weighted by molar-refractivity contribution is -0.161. The summed E-state index contributed by atoms with van der Waals surface area (Å²) in [5.41, 5.74) is 4.72. The van der Waals surface area contributed by atoms with E-state index in [0.29, 0.717) is 37.8 Å². The van der Waals surface area contributed by atoms with Crippen molar-refractivity contribution in [3.8, 4) is 0 Å². The maximum absolute atomic E-state index is 13.2. The fourth-order valence-corrected chi connectivity index (χ4v) is 5.04. The third kappa shape index (κ3) is 5.99. The van der Waals surface area contributed by atoms with Crippen molar-refractivity contribution < 1.29 is 23.9 Å². The quantitative estimate of drug-likeness (QED) is 0.160. The van der Waals surface area contributed by atoms with Crippen molar-refractivity contribution in [3.63, 3.8) is 0 Å². The van der Waals surface area contributed by atoms with Crippen molar-refractivity contribution in [2.24, 2.45) is 0 Å². The fraction of sp³-hybridized carbons (Fsp3) is 0.323. The van der Waals surface area contributed by atoms with Gasteiger partial charge in [-0.2, -0.15) is 0 Å². The Bertz CT molecular complexity index is 1410. The molecule has 39 heavy (non-hydrogen) atoms. The number of pyridine rings is 1. The second-order valence-electron chi connectivity index (χ2n) is 9.25. The highest BCUT2D eigenvalue weighted by atomic mass is 31.0. The Kier molecular flexibility index (Phi) is 9.87. The van der Waals surface area contributed by atoms with Crippen LogP contribution < -0.4 is 0 Å². The van der Waals surface area contributed by atoms with E-state index in [4.69, 9.17) is 9.72 Å². The molecule has 0 N–H and O–H groups in total. The van der Waals surface area contributed by atoms with E-state index in [2.05, 4.69) is 30.2 Å². The van der Waals surface area contributed by atoms with Gasteiger partial charge in [0.2, 0.25) is 5.78 Å². The Morgan fingerprint density at radius 3 is 2.49 bits per heavy atom. The van der Waals surface area contributed by atoms with Crippen molar-refractivity contribution in [1.82, 2.24) is 9.88 Å². The summed E-state index contributed by atoms with van der Waals surface area (Å²) in [6.45, 7) is 14.3. The molecule has 204 valence electrons. The van der Waals surface area contributed by atoms with Gasteiger partial charge in [-0.3, -0.25) is 14.4 Å². The Morgan fingerprint density at radius 2 is 1.92 bits per heavy atom. The summed E-state index contributed by atoms with van der Waals surface area (Å²) in [7, 11) is 2.01. The number of allylic oxidation sites excluding steroid dienone is 1. The zero-order valence-corrected chi connectivity index (χ0v) is 23.9. The lowest BCUT2D eigenvalue weighted by Crippen LogP contribution is -2.45. The van der Waals surface area contributed by atoms with Crippen molar-refractivity contribution in [1.29, 1.82) is 0 Å². The molecule has 1 aromatic heterocycles. The number of hydrogen-bond acceptors (Lipinski definition) is 7. The summed E-state index contributed by atoms with van der Waals surface area (Å²) in [6.07, 6.45) is 5.79. The number of hydrogen-bond donors (Lipinski definition) is 0. The van der Waals surface area contributed by atoms with Crippen LogP contribution >= 0.6 is 9.24 Å². The molecule has 0 saturated heterocycles. The van der Waals surface area contributed by atoms with Crippen LogP contribution in [0.25, 0.3) is 16.6 Å². The lowest BCUT2D eigenvalue weighted by atomic mass is 9.79. The molecule has 2 unspecified atom stereocenters. The van der Waals surface area contributed by atoms with E-state index in [1.54, 1.807) is 6.92 Å². The predicted octanol–water partition coefficient (Wildman–Crippen LogP) is 5.85. The number of para-hydroxylation sites is 1. The monoisotopic (exact) mass is 546 g/mol. The number of fused-ring (bicyclic) bond motifs is 4. The van der Waals surface area contributed by atoms with E-state index in [9.17, 15) is 19.2 Å². The lowest BCUT2D eigenvalue weighted by Gasteiger charge is -2.38. The highest BCUT2D eigenvalue weighted by Crippen LogP contribution is 2.46. The molecule has 1 aromatic carbocycles. The van der Waals surface area contributed by atoms with Gasteiger partial charge in [0.05, 0.1) is 23.5 Å². The van der Waals surface area contributed by atoms with E-state index in [1.165, 1.54) is 6.08 Å². The number of carbonyl (C=O) groups is 4. The molecule has 4 rings (SSSR count). The number of nitrogens with zero attached hydrogens (tertiary/aromatic N) is 2. The Morgan fingerprint density at radius 1 is 1.21 bits per heavy atom. The van der Waals surface area contributed by atoms with Gasteiger partial charge >= 0.3 is 5.97 Å². The average Bonchev–Trinajstić information content (AvgIpc) is 3.30. The normalized spacial score (nSPS) is 15.3. The molecular formula is C31H35N2O5P. The molecule has 3 heterocycles. The van der Waals surface area contributed by atoms with E-state index in [-0.39, 0.29) is 17.7 Å². The molecule has 2 aliphatic rings. The molecule has 8 heteroatoms. The maximum atomic E-state index is 13.2. The average molecular weight is 547 g/mol. The van der Waals surface area contributed by atoms with Crippen LogP contribution in [0.1, 0.15) is 64.1 Å². The second kappa shape index (κ2) is 12.9. The van der Waals surface area contributed by atoms with E-state index in [1.807, 2.05) is 47.4 Å². The minimum Gasteiger partial charge on any atom is -0.446 e. The summed E-state index contributed by atoms with van der Waals surface area (Å²) in [6, 6.07) is 10.2. The Labute approximate surface area is 231 Å². The first kappa shape index (κ1) is 29.9. The van der Waals surface area contributed by atoms with E-state index < -0.39 is 11.6 Å². The molecule has 2 aliphatic heterocycles. The molecule has 7 nitrogen and oxygen atoms in total. The molecule has 0 spiro atoms. The number of benzene rings is 1. The first-order valence-corrected chi connectivity index (χ1v) is 13.7. The van der Waals surface area contributed by atoms with Crippen LogP contribution in [0, 0.1) is 0 Å². The summed E-state index contributed by atoms with van der Waals surface area (Å²) in [5.74, 6) is -0.752. The number of rotatable bonds is 10. The number of ether oxygens (including phenoxy) is 1. The molecule has 0 fully saturated rings. The molecule has 0 saturated carbocycles. The van der Waals surface area contributed by atoms with Crippen molar-refractivity contribution >= 4 is 49.4 Å². The van der Waals surface area contributed by atoms with Gasteiger partial charge in [0, 0.05) is 41.5 Å². The topological polar surface area (TPSA) is 93.6 Å². The number of ketones is 1. The molecule has 0 aliphatic carbocycles. The number of carbonyl (C=O) groups excluding carboxylic acids is 4. The second-order valence-corrected chi connectivity index (χ2v) is 9.89. The third-order valence-corrected chi connectivity index (χ3v) is 7.19. The van der Waals surface area contributed by atoms with Crippen LogP contribution in [0.5, 0.6) is 0 Å². The standard InChI is InChI=1S/C27H28N2O3.C4H7O2P/c1-6-20-17(5)29-16-19-14-18-12-10-11-13-22(18)28-26(19)23(29)15-21(20)27(9-4,24(30)7-2)32-25(31)8-3;5-3-1-2-4(6)7/h7,10-15H,2,5-6,8-9,16H2,1,3-4H3;3H,1-2,7H2. The van der Waals surface area contributed by atoms with Gasteiger partial charge in [0.15, 0.2) is 5.60 Å². The fourth-order valence-electron chi connectivity index (χ4n) is 4.88. The molecule has 0 bridgehead atoms. The molecule has 0 radical (unpaired) electrons. The number of aromatic nitrogens is 1. The van der Waals surface area contributed by atoms with Crippen LogP contribution in [0.15, 0.2) is 72.5 Å². The van der Waals surface area contributed by atoms with Gasteiger partial charge in [0.25, 0.3) is 0 Å². The van der Waals surface area contributed by atoms with Crippen LogP contribution in [-0.4, -0.2) is 39.0 Å². The maximum Gasteiger partial charge on any atom is 0.306 e. The van der Waals surface area contributed by atoms with Crippen molar-refractivity contribution in [2.75, 3.05) is 0 Å². The van der Waals surface area contributed by atoms with Gasteiger partial charge in [-0.1, -0.05) is 61.4 Å². The van der Waals surface area contributed by atoms with E-state index >= 15 is 0 Å². The number of esters is 1. The summed E-state index contributed by atoms with van der Waals surface area (Å²) in [5, 5.41) is 1.09. The van der Waals surface area contributed by atoms with Crippen LogP contribution in [0.3, 0.4) is 0 Å². The minimum atomic E-state index is -1.43. The molecule has 0 amide bonds. The van der Waals surface area contributed by atoms with Gasteiger partial charge in [0.1, 0.15) is 11.8 Å². The molecular weight excluding hydrogens is 511 g/mol. The van der Waals surface area contributed by atoms with Gasteiger partial charge in [-0.15, -0.1) is 0 Å². The van der Waals surface area contributed by atoms with Gasteiger partial charge in [-0.05, 0) is 42.7 Å². The minimum absolute atomic E-state index is 0.00731. The van der Waals surface area contributed by atoms with Crippen LogP contribution in [-0.2, 0) is 30.5 Å². The highest BCUT2D eigenvalue weighted by Gasteiger charge is 2.46. The first-order chi connectivity index (χ1) is 18.7. The zero-order valence-electron chi connectivity index (χ0n) is 22.8. The van der Waals surface area contributed by atoms with Crippen LogP contribution in [0.2, 0.25) is 0 Å². The largest absolute Gasteiger partial charge is 0.446 e. The third-order valence-electron chi connectivity index (χ3n) is 6.90. The van der Waals surface area contributed by atoms with Crippen molar-refractivity contribution in [3.05, 3.63) is 83.7 Å². The van der Waals surface area contributed by atoms with Crippen LogP contribution in [0.4, 0.5) is 0 Å². The Balaban J connectivity index is 0.000000532. The smallest absolute Gasteiger partial charge is 0.306 e. The summed E-state index contributed by atoms with van der Waals surface area (Å²) >= 11 is 0. The zero-order chi connectivity index (χ0) is 28.7. The molecule has 2 atom stereocenters. The first-order valence-electron chi connectivity index (χ1n) is 13.1. The van der Waals surface area contributed by atoms with E-state index in [0.717, 1.165) is 45.4 Å². The predicted molar refractivity (Wildman–Crippen MR) is 156 cm³/mol. The van der Waals surface area contributed by atoms with Crippen molar-refractivity contribution in [2.45, 2.75) is 65.0 Å². The SMILES string of the molecule is C=CC(=O)C(CC)(OC(=O)CC)C1=C(CC)C(=C)N2Cc3cc4ccccc4nc3C2=C1.O=CCCC(=O)P. The van der Waals surface area contributed by atoms with Gasteiger partial charge in [-0.25, -0.2) is 4.98 Å². The highest BCUT2D eigenvalue weighted by molar-refractivity contribution is 7.40. The molecule has 2 aromatic rings. The summed E-state index contributed by atoms with van der Waals surface area (Å²) < 4.78 is 5.87.